The monoisotopic (exact) mass is 330 g/mol. The standard InChI is InChI=1S/C12H15BrN2O2S/c13-9-3-6-18-11(9)10(16)7-15-4-1-8(2-5-15)12(14)17/h3,6,8H,1-2,4-5,7H2,(H2,14,17). The molecule has 1 fully saturated rings. The number of hydrogen-bond acceptors (Lipinski definition) is 4. The highest BCUT2D eigenvalue weighted by molar-refractivity contribution is 9.10. The highest BCUT2D eigenvalue weighted by Crippen LogP contribution is 2.24. The van der Waals surface area contributed by atoms with Gasteiger partial charge >= 0.3 is 0 Å². The molecule has 98 valence electrons. The number of nitrogens with zero attached hydrogens (tertiary/aromatic N) is 1. The molecule has 18 heavy (non-hydrogen) atoms. The highest BCUT2D eigenvalue weighted by Gasteiger charge is 2.25. The van der Waals surface area contributed by atoms with Gasteiger partial charge in [0.1, 0.15) is 0 Å². The maximum absolute atomic E-state index is 12.1. The first-order chi connectivity index (χ1) is 8.58. The number of primary amides is 1. The zero-order chi connectivity index (χ0) is 13.1. The first-order valence-corrected chi connectivity index (χ1v) is 7.53. The van der Waals surface area contributed by atoms with Gasteiger partial charge in [-0.3, -0.25) is 14.5 Å². The van der Waals surface area contributed by atoms with E-state index >= 15 is 0 Å². The quantitative estimate of drug-likeness (QED) is 0.857. The number of carbonyl (C=O) groups excluding carboxylic acids is 2. The zero-order valence-electron chi connectivity index (χ0n) is 9.89. The van der Waals surface area contributed by atoms with Crippen molar-refractivity contribution >= 4 is 39.0 Å². The molecule has 0 spiro atoms. The third-order valence-corrected chi connectivity index (χ3v) is 5.11. The summed E-state index contributed by atoms with van der Waals surface area (Å²) < 4.78 is 0.865. The SMILES string of the molecule is NC(=O)C1CCN(CC(=O)c2sccc2Br)CC1. The molecule has 1 aromatic rings. The van der Waals surface area contributed by atoms with E-state index in [1.54, 1.807) is 0 Å². The summed E-state index contributed by atoms with van der Waals surface area (Å²) >= 11 is 4.82. The summed E-state index contributed by atoms with van der Waals surface area (Å²) in [5, 5.41) is 1.90. The molecule has 2 heterocycles. The maximum atomic E-state index is 12.1. The van der Waals surface area contributed by atoms with Crippen LogP contribution in [0.25, 0.3) is 0 Å². The van der Waals surface area contributed by atoms with Crippen LogP contribution in [0, 0.1) is 5.92 Å². The van der Waals surface area contributed by atoms with Crippen LogP contribution in [0.2, 0.25) is 0 Å². The van der Waals surface area contributed by atoms with Crippen molar-refractivity contribution in [3.05, 3.63) is 20.8 Å². The van der Waals surface area contributed by atoms with Crippen LogP contribution in [-0.4, -0.2) is 36.2 Å². The number of Topliss-reactive ketones (excluding diaryl/α,β-unsaturated/α-hetero) is 1. The van der Waals surface area contributed by atoms with E-state index in [0.29, 0.717) is 6.54 Å². The Kier molecular flexibility index (Phi) is 4.53. The van der Waals surface area contributed by atoms with Gasteiger partial charge in [-0.05, 0) is 53.3 Å². The molecule has 0 bridgehead atoms. The second-order valence-corrected chi connectivity index (χ2v) is 6.24. The lowest BCUT2D eigenvalue weighted by atomic mass is 9.96. The molecule has 2 N–H and O–H groups in total. The smallest absolute Gasteiger partial charge is 0.220 e. The maximum Gasteiger partial charge on any atom is 0.220 e. The van der Waals surface area contributed by atoms with Gasteiger partial charge in [0.15, 0.2) is 5.78 Å². The molecule has 4 nitrogen and oxygen atoms in total. The third-order valence-electron chi connectivity index (χ3n) is 3.23. The lowest BCUT2D eigenvalue weighted by molar-refractivity contribution is -0.123. The molecule has 2 rings (SSSR count). The van der Waals surface area contributed by atoms with Gasteiger partial charge in [-0.1, -0.05) is 0 Å². The van der Waals surface area contributed by atoms with Crippen LogP contribution in [0.4, 0.5) is 0 Å². The van der Waals surface area contributed by atoms with Crippen molar-refractivity contribution in [3.8, 4) is 0 Å². The summed E-state index contributed by atoms with van der Waals surface area (Å²) in [5.74, 6) is -0.110. The molecule has 6 heteroatoms. The van der Waals surface area contributed by atoms with Crippen LogP contribution >= 0.6 is 27.3 Å². The number of halogens is 1. The van der Waals surface area contributed by atoms with Crippen molar-refractivity contribution in [2.24, 2.45) is 11.7 Å². The Morgan fingerprint density at radius 3 is 2.61 bits per heavy atom. The second kappa shape index (κ2) is 5.95. The fourth-order valence-corrected chi connectivity index (χ4v) is 3.67. The number of piperidine rings is 1. The lowest BCUT2D eigenvalue weighted by Gasteiger charge is -2.29. The fraction of sp³-hybridized carbons (Fsp3) is 0.500. The van der Waals surface area contributed by atoms with Crippen molar-refractivity contribution in [1.82, 2.24) is 4.90 Å². The predicted molar refractivity (Wildman–Crippen MR) is 74.7 cm³/mol. The third kappa shape index (κ3) is 3.18. The summed E-state index contributed by atoms with van der Waals surface area (Å²) in [6, 6.07) is 1.89. The van der Waals surface area contributed by atoms with Crippen LogP contribution in [0.1, 0.15) is 22.5 Å². The molecule has 1 amide bonds. The van der Waals surface area contributed by atoms with Gasteiger partial charge in [-0.15, -0.1) is 11.3 Å². The number of thiophene rings is 1. The summed E-state index contributed by atoms with van der Waals surface area (Å²) in [4.78, 5) is 26.0. The van der Waals surface area contributed by atoms with Crippen molar-refractivity contribution in [3.63, 3.8) is 0 Å². The van der Waals surface area contributed by atoms with Crippen molar-refractivity contribution < 1.29 is 9.59 Å². The first kappa shape index (κ1) is 13.7. The molecule has 1 aliphatic rings. The average Bonchev–Trinajstić information content (AvgIpc) is 2.76. The van der Waals surface area contributed by atoms with E-state index in [1.165, 1.54) is 11.3 Å². The van der Waals surface area contributed by atoms with Crippen LogP contribution in [0.5, 0.6) is 0 Å². The normalized spacial score (nSPS) is 17.8. The van der Waals surface area contributed by atoms with E-state index < -0.39 is 0 Å². The van der Waals surface area contributed by atoms with Crippen molar-refractivity contribution in [2.75, 3.05) is 19.6 Å². The van der Waals surface area contributed by atoms with E-state index in [2.05, 4.69) is 20.8 Å². The Balaban J connectivity index is 1.87. The van der Waals surface area contributed by atoms with Gasteiger partial charge in [0.05, 0.1) is 11.4 Å². The number of amides is 1. The van der Waals surface area contributed by atoms with Gasteiger partial charge < -0.3 is 5.73 Å². The molecular formula is C12H15BrN2O2S. The van der Waals surface area contributed by atoms with Gasteiger partial charge in [0.25, 0.3) is 0 Å². The van der Waals surface area contributed by atoms with Crippen LogP contribution in [0.15, 0.2) is 15.9 Å². The number of rotatable bonds is 4. The van der Waals surface area contributed by atoms with Crippen molar-refractivity contribution in [2.45, 2.75) is 12.8 Å². The minimum atomic E-state index is -0.220. The number of ketones is 1. The Hall–Kier alpha value is -0.720. The Bertz CT molecular complexity index is 453. The molecule has 0 radical (unpaired) electrons. The van der Waals surface area contributed by atoms with E-state index in [4.69, 9.17) is 5.73 Å². The zero-order valence-corrected chi connectivity index (χ0v) is 12.3. The molecule has 1 aromatic heterocycles. The summed E-state index contributed by atoms with van der Waals surface area (Å²) in [5.41, 5.74) is 5.28. The molecule has 1 saturated heterocycles. The molecule has 0 saturated carbocycles. The van der Waals surface area contributed by atoms with E-state index in [1.807, 2.05) is 11.4 Å². The fourth-order valence-electron chi connectivity index (χ4n) is 2.14. The highest BCUT2D eigenvalue weighted by atomic mass is 79.9. The van der Waals surface area contributed by atoms with Gasteiger partial charge in [-0.25, -0.2) is 0 Å². The predicted octanol–water partition coefficient (Wildman–Crippen LogP) is 1.89. The minimum absolute atomic E-state index is 0.0233. The van der Waals surface area contributed by atoms with E-state index in [-0.39, 0.29) is 17.6 Å². The molecule has 0 aromatic carbocycles. The molecule has 0 unspecified atom stereocenters. The van der Waals surface area contributed by atoms with E-state index in [9.17, 15) is 9.59 Å². The summed E-state index contributed by atoms with van der Waals surface area (Å²) in [7, 11) is 0. The molecule has 1 aliphatic heterocycles. The Labute approximate surface area is 118 Å². The van der Waals surface area contributed by atoms with Gasteiger partial charge in [-0.2, -0.15) is 0 Å². The van der Waals surface area contributed by atoms with E-state index in [0.717, 1.165) is 35.3 Å². The van der Waals surface area contributed by atoms with Crippen molar-refractivity contribution in [1.29, 1.82) is 0 Å². The number of nitrogens with two attached hydrogens (primary N) is 1. The average molecular weight is 331 g/mol. The summed E-state index contributed by atoms with van der Waals surface area (Å²) in [6.07, 6.45) is 1.52. The summed E-state index contributed by atoms with van der Waals surface area (Å²) in [6.45, 7) is 1.95. The largest absolute Gasteiger partial charge is 0.369 e. The first-order valence-electron chi connectivity index (χ1n) is 5.86. The lowest BCUT2D eigenvalue weighted by Crippen LogP contribution is -2.40. The van der Waals surface area contributed by atoms with Crippen LogP contribution < -0.4 is 5.73 Å². The molecule has 0 atom stereocenters. The van der Waals surface area contributed by atoms with Gasteiger partial charge in [0.2, 0.25) is 5.91 Å². The second-order valence-electron chi connectivity index (χ2n) is 4.47. The van der Waals surface area contributed by atoms with Gasteiger partial charge in [0, 0.05) is 10.4 Å². The number of likely N-dealkylation sites (tertiary alicyclic amines) is 1. The number of hydrogen-bond donors (Lipinski definition) is 1. The topological polar surface area (TPSA) is 63.4 Å². The number of carbonyl (C=O) groups is 2. The molecule has 0 aliphatic carbocycles. The Morgan fingerprint density at radius 2 is 2.11 bits per heavy atom. The minimum Gasteiger partial charge on any atom is -0.369 e. The molecular weight excluding hydrogens is 316 g/mol. The van der Waals surface area contributed by atoms with Crippen LogP contribution in [-0.2, 0) is 4.79 Å². The Morgan fingerprint density at radius 1 is 1.44 bits per heavy atom. The van der Waals surface area contributed by atoms with Crippen LogP contribution in [0.3, 0.4) is 0 Å².